The molecule has 0 saturated heterocycles. The summed E-state index contributed by atoms with van der Waals surface area (Å²) in [6.07, 6.45) is 21.5. The van der Waals surface area contributed by atoms with E-state index in [-0.39, 0.29) is 0 Å². The number of carbonyl (C=O) groups excluding carboxylic acids is 1. The molecule has 1 unspecified atom stereocenters. The molecule has 0 aliphatic rings. The van der Waals surface area contributed by atoms with E-state index in [0.29, 0.717) is 6.61 Å². The molecule has 0 aromatic rings. The van der Waals surface area contributed by atoms with Gasteiger partial charge in [0.15, 0.2) is 0 Å². The molecule has 0 aromatic carbocycles. The third kappa shape index (κ3) is 31.6. The maximum absolute atomic E-state index is 11.0. The molecule has 0 heterocycles. The SMILES string of the molecule is CCCCCCCCCCCCCCCCCCOC(=O)C(C)O.CN(C)CCCN. The van der Waals surface area contributed by atoms with Gasteiger partial charge in [0.05, 0.1) is 6.61 Å². The Bertz CT molecular complexity index is 350. The highest BCUT2D eigenvalue weighted by molar-refractivity contribution is 5.73. The van der Waals surface area contributed by atoms with Gasteiger partial charge < -0.3 is 20.5 Å². The van der Waals surface area contributed by atoms with Crippen LogP contribution in [0, 0.1) is 0 Å². The average Bonchev–Trinajstić information content (AvgIpc) is 2.74. The first-order chi connectivity index (χ1) is 15.0. The van der Waals surface area contributed by atoms with Crippen LogP contribution in [0.25, 0.3) is 0 Å². The molecule has 0 aromatic heterocycles. The minimum absolute atomic E-state index is 0.447. The number of aliphatic hydroxyl groups excluding tert-OH is 1. The maximum atomic E-state index is 11.0. The Hall–Kier alpha value is -0.650. The zero-order valence-corrected chi connectivity index (χ0v) is 21.5. The highest BCUT2D eigenvalue weighted by atomic mass is 16.5. The van der Waals surface area contributed by atoms with E-state index in [4.69, 9.17) is 15.6 Å². The number of hydrogen-bond donors (Lipinski definition) is 2. The average molecular weight is 445 g/mol. The van der Waals surface area contributed by atoms with Crippen LogP contribution in [0.15, 0.2) is 0 Å². The first-order valence-corrected chi connectivity index (χ1v) is 13.1. The van der Waals surface area contributed by atoms with Crippen LogP contribution in [0.1, 0.15) is 123 Å². The maximum Gasteiger partial charge on any atom is 0.334 e. The fraction of sp³-hybridized carbons (Fsp3) is 0.962. The minimum Gasteiger partial charge on any atom is -0.464 e. The zero-order valence-electron chi connectivity index (χ0n) is 21.5. The molecule has 0 aliphatic carbocycles. The van der Waals surface area contributed by atoms with E-state index in [1.54, 1.807) is 0 Å². The van der Waals surface area contributed by atoms with Crippen molar-refractivity contribution in [2.75, 3.05) is 33.8 Å². The summed E-state index contributed by atoms with van der Waals surface area (Å²) < 4.78 is 4.93. The Labute approximate surface area is 194 Å². The van der Waals surface area contributed by atoms with Crippen molar-refractivity contribution in [2.45, 2.75) is 129 Å². The van der Waals surface area contributed by atoms with Gasteiger partial charge in [-0.2, -0.15) is 0 Å². The van der Waals surface area contributed by atoms with Crippen LogP contribution in [0.3, 0.4) is 0 Å². The van der Waals surface area contributed by atoms with Crippen LogP contribution in [-0.4, -0.2) is 55.9 Å². The van der Waals surface area contributed by atoms with Crippen molar-refractivity contribution in [3.8, 4) is 0 Å². The quantitative estimate of drug-likeness (QED) is 0.166. The van der Waals surface area contributed by atoms with Crippen LogP contribution >= 0.6 is 0 Å². The topological polar surface area (TPSA) is 75.8 Å². The van der Waals surface area contributed by atoms with Crippen LogP contribution in [0.2, 0.25) is 0 Å². The highest BCUT2D eigenvalue weighted by Gasteiger charge is 2.08. The molecule has 0 fully saturated rings. The second kappa shape index (κ2) is 27.4. The van der Waals surface area contributed by atoms with Crippen LogP contribution in [0.4, 0.5) is 0 Å². The Morgan fingerprint density at radius 2 is 1.16 bits per heavy atom. The van der Waals surface area contributed by atoms with E-state index in [0.717, 1.165) is 32.4 Å². The number of ether oxygens (including phenoxy) is 1. The third-order valence-corrected chi connectivity index (χ3v) is 5.39. The molecule has 0 spiro atoms. The van der Waals surface area contributed by atoms with E-state index in [2.05, 4.69) is 25.9 Å². The molecule has 5 heteroatoms. The number of hydrogen-bond acceptors (Lipinski definition) is 5. The molecule has 188 valence electrons. The van der Waals surface area contributed by atoms with E-state index < -0.39 is 12.1 Å². The predicted octanol–water partition coefficient (Wildman–Crippen LogP) is 6.07. The standard InChI is InChI=1S/C21H42O3.C5H14N2/c1-3-4-5-6-7-8-9-10-11-12-13-14-15-16-17-18-19-24-21(23)20(2)22;1-7(2)5-3-4-6/h20,22H,3-19H2,1-2H3;3-6H2,1-2H3. The summed E-state index contributed by atoms with van der Waals surface area (Å²) >= 11 is 0. The Balaban J connectivity index is 0. The Morgan fingerprint density at radius 3 is 1.45 bits per heavy atom. The molecular formula is C26H56N2O3. The van der Waals surface area contributed by atoms with Crippen LogP contribution < -0.4 is 5.73 Å². The molecule has 0 radical (unpaired) electrons. The van der Waals surface area contributed by atoms with Crippen molar-refractivity contribution < 1.29 is 14.6 Å². The van der Waals surface area contributed by atoms with Gasteiger partial charge in [-0.3, -0.25) is 0 Å². The summed E-state index contributed by atoms with van der Waals surface area (Å²) in [5.41, 5.74) is 5.25. The van der Waals surface area contributed by atoms with Gasteiger partial charge in [0.25, 0.3) is 0 Å². The fourth-order valence-electron chi connectivity index (χ4n) is 3.35. The normalized spacial score (nSPS) is 11.8. The van der Waals surface area contributed by atoms with Gasteiger partial charge >= 0.3 is 5.97 Å². The smallest absolute Gasteiger partial charge is 0.334 e. The van der Waals surface area contributed by atoms with Gasteiger partial charge in [-0.15, -0.1) is 0 Å². The number of unbranched alkanes of at least 4 members (excludes halogenated alkanes) is 15. The summed E-state index contributed by atoms with van der Waals surface area (Å²) in [6.45, 7) is 6.07. The largest absolute Gasteiger partial charge is 0.464 e. The molecule has 0 amide bonds. The Morgan fingerprint density at radius 1 is 0.774 bits per heavy atom. The molecule has 1 atom stereocenters. The van der Waals surface area contributed by atoms with Gasteiger partial charge in [-0.05, 0) is 47.0 Å². The Kier molecular flexibility index (Phi) is 28.7. The minimum atomic E-state index is -0.994. The first-order valence-electron chi connectivity index (χ1n) is 13.1. The molecule has 5 nitrogen and oxygen atoms in total. The van der Waals surface area contributed by atoms with Gasteiger partial charge in [0.1, 0.15) is 6.10 Å². The van der Waals surface area contributed by atoms with Crippen molar-refractivity contribution in [1.82, 2.24) is 4.90 Å². The lowest BCUT2D eigenvalue weighted by Gasteiger charge is -2.06. The molecule has 31 heavy (non-hydrogen) atoms. The summed E-state index contributed by atoms with van der Waals surface area (Å²) in [5.74, 6) is -0.504. The number of nitrogens with two attached hydrogens (primary N) is 1. The summed E-state index contributed by atoms with van der Waals surface area (Å²) in [5, 5.41) is 8.98. The molecular weight excluding hydrogens is 388 g/mol. The van der Waals surface area contributed by atoms with E-state index in [9.17, 15) is 4.79 Å². The second-order valence-electron chi connectivity index (χ2n) is 9.09. The third-order valence-electron chi connectivity index (χ3n) is 5.39. The summed E-state index contributed by atoms with van der Waals surface area (Å²) in [4.78, 5) is 13.2. The monoisotopic (exact) mass is 444 g/mol. The second-order valence-corrected chi connectivity index (χ2v) is 9.09. The number of esters is 1. The lowest BCUT2D eigenvalue weighted by Crippen LogP contribution is -2.19. The van der Waals surface area contributed by atoms with E-state index in [1.165, 1.54) is 96.8 Å². The van der Waals surface area contributed by atoms with Crippen LogP contribution in [0.5, 0.6) is 0 Å². The lowest BCUT2D eigenvalue weighted by atomic mass is 10.0. The van der Waals surface area contributed by atoms with Gasteiger partial charge in [-0.1, -0.05) is 103 Å². The molecule has 0 rings (SSSR count). The number of nitrogens with zero attached hydrogens (tertiary/aromatic N) is 1. The van der Waals surface area contributed by atoms with E-state index in [1.807, 2.05) is 0 Å². The van der Waals surface area contributed by atoms with Gasteiger partial charge in [-0.25, -0.2) is 4.79 Å². The molecule has 0 bridgehead atoms. The fourth-order valence-corrected chi connectivity index (χ4v) is 3.35. The summed E-state index contributed by atoms with van der Waals surface area (Å²) in [7, 11) is 4.10. The van der Waals surface area contributed by atoms with Crippen LogP contribution in [-0.2, 0) is 9.53 Å². The zero-order chi connectivity index (χ0) is 23.6. The van der Waals surface area contributed by atoms with Crippen molar-refractivity contribution in [3.05, 3.63) is 0 Å². The summed E-state index contributed by atoms with van der Waals surface area (Å²) in [6, 6.07) is 0. The van der Waals surface area contributed by atoms with E-state index >= 15 is 0 Å². The number of rotatable bonds is 21. The number of aliphatic hydroxyl groups is 1. The van der Waals surface area contributed by atoms with Crippen molar-refractivity contribution in [2.24, 2.45) is 5.73 Å². The lowest BCUT2D eigenvalue weighted by molar-refractivity contribution is -0.152. The molecule has 0 saturated carbocycles. The first kappa shape index (κ1) is 32.5. The van der Waals surface area contributed by atoms with Crippen molar-refractivity contribution in [1.29, 1.82) is 0 Å². The van der Waals surface area contributed by atoms with Gasteiger partial charge in [0, 0.05) is 0 Å². The van der Waals surface area contributed by atoms with Crippen molar-refractivity contribution in [3.63, 3.8) is 0 Å². The van der Waals surface area contributed by atoms with Crippen molar-refractivity contribution >= 4 is 5.97 Å². The molecule has 0 aliphatic heterocycles. The molecule has 3 N–H and O–H groups in total. The predicted molar refractivity (Wildman–Crippen MR) is 134 cm³/mol. The number of carbonyl (C=O) groups is 1. The van der Waals surface area contributed by atoms with Gasteiger partial charge in [0.2, 0.25) is 0 Å². The highest BCUT2D eigenvalue weighted by Crippen LogP contribution is 2.13.